The van der Waals surface area contributed by atoms with Gasteiger partial charge in [-0.15, -0.1) is 0 Å². The quantitative estimate of drug-likeness (QED) is 0.699. The molecule has 0 atom stereocenters. The van der Waals surface area contributed by atoms with Crippen LogP contribution in [-0.4, -0.2) is 54.3 Å². The molecule has 0 saturated carbocycles. The second-order valence-electron chi connectivity index (χ2n) is 7.67. The monoisotopic (exact) mass is 428 g/mol. The number of nitrogens with two attached hydrogens (primary N) is 1. The number of hydrogen-bond donors (Lipinski definition) is 1. The third-order valence-electron chi connectivity index (χ3n) is 5.59. The minimum Gasteiger partial charge on any atom is -0.367 e. The third-order valence-corrected chi connectivity index (χ3v) is 5.59. The van der Waals surface area contributed by atoms with Crippen molar-refractivity contribution in [3.63, 3.8) is 0 Å². The van der Waals surface area contributed by atoms with Crippen LogP contribution in [-0.2, 0) is 28.9 Å². The summed E-state index contributed by atoms with van der Waals surface area (Å²) in [5.74, 6) is -0.144. The largest absolute Gasteiger partial charge is 0.367 e. The molecule has 0 spiro atoms. The molecule has 1 fully saturated rings. The molecule has 1 aromatic carbocycles. The van der Waals surface area contributed by atoms with Crippen molar-refractivity contribution in [3.05, 3.63) is 59.2 Å². The van der Waals surface area contributed by atoms with Crippen molar-refractivity contribution in [1.82, 2.24) is 9.88 Å². The Balaban J connectivity index is 0.00000341. The van der Waals surface area contributed by atoms with E-state index in [1.165, 1.54) is 6.07 Å². The summed E-state index contributed by atoms with van der Waals surface area (Å²) < 4.78 is 14.4. The number of benzene rings is 1. The second kappa shape index (κ2) is 11.6. The lowest BCUT2D eigenvalue weighted by molar-refractivity contribution is -0.129. The van der Waals surface area contributed by atoms with Crippen LogP contribution >= 0.6 is 0 Å². The molecule has 1 aliphatic heterocycles. The maximum Gasteiger partial charge on any atom is 0.219 e. The number of aryl methyl sites for hydroxylation is 3. The van der Waals surface area contributed by atoms with Crippen LogP contribution in [0.3, 0.4) is 0 Å². The van der Waals surface area contributed by atoms with Gasteiger partial charge in [0.1, 0.15) is 11.6 Å². The van der Waals surface area contributed by atoms with Crippen LogP contribution in [0, 0.1) is 5.82 Å². The van der Waals surface area contributed by atoms with Gasteiger partial charge in [0.15, 0.2) is 0 Å². The molecular formula is C24H33FN4O2. The fraction of sp³-hybridized carbons (Fsp3) is 0.458. The number of hydrogen-bond acceptors (Lipinski definition) is 5. The highest BCUT2D eigenvalue weighted by atomic mass is 19.1. The molecule has 1 amide bonds. The molecule has 2 heterocycles. The Hall–Kier alpha value is -2.80. The van der Waals surface area contributed by atoms with Crippen LogP contribution in [0.1, 0.15) is 37.6 Å². The minimum atomic E-state index is -0.243. The van der Waals surface area contributed by atoms with Crippen LogP contribution in [0.15, 0.2) is 36.5 Å². The van der Waals surface area contributed by atoms with Gasteiger partial charge in [0.05, 0.1) is 18.4 Å². The lowest BCUT2D eigenvalue weighted by Gasteiger charge is -2.35. The van der Waals surface area contributed by atoms with Crippen LogP contribution in [0.4, 0.5) is 10.1 Å². The Bertz CT molecular complexity index is 878. The Kier molecular flexibility index (Phi) is 9.12. The molecule has 168 valence electrons. The fourth-order valence-corrected chi connectivity index (χ4v) is 3.63. The Morgan fingerprint density at radius 3 is 2.39 bits per heavy atom. The summed E-state index contributed by atoms with van der Waals surface area (Å²) in [6.45, 7) is 4.69. The Morgan fingerprint density at radius 1 is 1.06 bits per heavy atom. The van der Waals surface area contributed by atoms with Gasteiger partial charge in [-0.1, -0.05) is 19.6 Å². The standard InChI is InChI=1S/C23H29FN4O2.CH4/c1-17(29)27-10-12-28(13-11-27)21-8-7-20(26-16-21)6-5-19-4-2-18(14-23(19)24)3-9-22(30)15-25;/h2,4,7-8,14,16H,3,5-6,9-13,15,25H2,1H3;1H4. The molecule has 0 bridgehead atoms. The Labute approximate surface area is 184 Å². The van der Waals surface area contributed by atoms with Crippen molar-refractivity contribution in [1.29, 1.82) is 0 Å². The van der Waals surface area contributed by atoms with E-state index >= 15 is 0 Å². The maximum absolute atomic E-state index is 14.4. The maximum atomic E-state index is 14.4. The number of amides is 1. The summed E-state index contributed by atoms with van der Waals surface area (Å²) in [4.78, 5) is 31.4. The molecule has 7 heteroatoms. The van der Waals surface area contributed by atoms with E-state index in [4.69, 9.17) is 5.73 Å². The number of aromatic nitrogens is 1. The first-order valence-corrected chi connectivity index (χ1v) is 10.4. The molecule has 6 nitrogen and oxygen atoms in total. The van der Waals surface area contributed by atoms with E-state index in [1.807, 2.05) is 29.3 Å². The van der Waals surface area contributed by atoms with Gasteiger partial charge in [-0.3, -0.25) is 14.6 Å². The van der Waals surface area contributed by atoms with Gasteiger partial charge in [0.2, 0.25) is 5.91 Å². The van der Waals surface area contributed by atoms with Crippen LogP contribution in [0.5, 0.6) is 0 Å². The molecule has 0 radical (unpaired) electrons. The summed E-state index contributed by atoms with van der Waals surface area (Å²) in [6, 6.07) is 9.20. The molecule has 1 saturated heterocycles. The molecule has 1 aliphatic rings. The van der Waals surface area contributed by atoms with Crippen molar-refractivity contribution < 1.29 is 14.0 Å². The Morgan fingerprint density at radius 2 is 1.81 bits per heavy atom. The normalized spacial score (nSPS) is 13.6. The number of Topliss-reactive ketones (excluding diaryl/α,β-unsaturated/α-hetero) is 1. The van der Waals surface area contributed by atoms with Gasteiger partial charge in [0, 0.05) is 45.2 Å². The van der Waals surface area contributed by atoms with E-state index < -0.39 is 0 Å². The molecular weight excluding hydrogens is 395 g/mol. The number of rotatable bonds is 8. The van der Waals surface area contributed by atoms with E-state index in [1.54, 1.807) is 13.0 Å². The first-order valence-electron chi connectivity index (χ1n) is 10.4. The van der Waals surface area contributed by atoms with Crippen LogP contribution in [0.2, 0.25) is 0 Å². The molecule has 3 rings (SSSR count). The van der Waals surface area contributed by atoms with E-state index in [0.29, 0.717) is 31.2 Å². The molecule has 0 unspecified atom stereocenters. The smallest absolute Gasteiger partial charge is 0.219 e. The first kappa shape index (κ1) is 24.5. The van der Waals surface area contributed by atoms with Crippen molar-refractivity contribution in [2.45, 2.75) is 40.0 Å². The number of nitrogens with zero attached hydrogens (tertiary/aromatic N) is 3. The molecule has 2 N–H and O–H groups in total. The number of ketones is 1. The molecule has 1 aromatic heterocycles. The highest BCUT2D eigenvalue weighted by Gasteiger charge is 2.18. The van der Waals surface area contributed by atoms with Gasteiger partial charge in [-0.05, 0) is 48.6 Å². The van der Waals surface area contributed by atoms with E-state index in [2.05, 4.69) is 9.88 Å². The zero-order valence-corrected chi connectivity index (χ0v) is 17.4. The summed E-state index contributed by atoms with van der Waals surface area (Å²) in [5, 5.41) is 0. The summed E-state index contributed by atoms with van der Waals surface area (Å²) >= 11 is 0. The lowest BCUT2D eigenvalue weighted by Crippen LogP contribution is -2.48. The molecule has 31 heavy (non-hydrogen) atoms. The molecule has 0 aliphatic carbocycles. The molecule has 2 aromatic rings. The lowest BCUT2D eigenvalue weighted by atomic mass is 10.0. The number of piperazine rings is 1. The average Bonchev–Trinajstić information content (AvgIpc) is 2.77. The third kappa shape index (κ3) is 6.85. The predicted octanol–water partition coefficient (Wildman–Crippen LogP) is 2.77. The van der Waals surface area contributed by atoms with Gasteiger partial charge < -0.3 is 15.5 Å². The van der Waals surface area contributed by atoms with Crippen LogP contribution < -0.4 is 10.6 Å². The van der Waals surface area contributed by atoms with Crippen molar-refractivity contribution in [2.24, 2.45) is 5.73 Å². The highest BCUT2D eigenvalue weighted by molar-refractivity contribution is 5.80. The summed E-state index contributed by atoms with van der Waals surface area (Å²) in [7, 11) is 0. The highest BCUT2D eigenvalue weighted by Crippen LogP contribution is 2.18. The summed E-state index contributed by atoms with van der Waals surface area (Å²) in [5.41, 5.74) is 8.73. The van der Waals surface area contributed by atoms with Gasteiger partial charge in [-0.25, -0.2) is 4.39 Å². The number of halogens is 1. The van der Waals surface area contributed by atoms with E-state index in [-0.39, 0.29) is 31.5 Å². The van der Waals surface area contributed by atoms with Gasteiger partial charge in [-0.2, -0.15) is 0 Å². The number of anilines is 1. The number of carbonyl (C=O) groups is 2. The topological polar surface area (TPSA) is 79.5 Å². The average molecular weight is 429 g/mol. The van der Waals surface area contributed by atoms with Crippen molar-refractivity contribution >= 4 is 17.4 Å². The zero-order chi connectivity index (χ0) is 21.5. The van der Waals surface area contributed by atoms with Gasteiger partial charge >= 0.3 is 0 Å². The van der Waals surface area contributed by atoms with E-state index in [0.717, 1.165) is 43.1 Å². The zero-order valence-electron chi connectivity index (χ0n) is 17.4. The number of carbonyl (C=O) groups excluding carboxylic acids is 2. The first-order chi connectivity index (χ1) is 14.5. The van der Waals surface area contributed by atoms with Crippen molar-refractivity contribution in [3.8, 4) is 0 Å². The fourth-order valence-electron chi connectivity index (χ4n) is 3.63. The SMILES string of the molecule is C.CC(=O)N1CCN(c2ccc(CCc3ccc(CCC(=O)CN)cc3F)nc2)CC1. The second-order valence-corrected chi connectivity index (χ2v) is 7.67. The predicted molar refractivity (Wildman–Crippen MR) is 122 cm³/mol. The minimum absolute atomic E-state index is 0. The van der Waals surface area contributed by atoms with Gasteiger partial charge in [0.25, 0.3) is 0 Å². The van der Waals surface area contributed by atoms with Crippen molar-refractivity contribution in [2.75, 3.05) is 37.6 Å². The summed E-state index contributed by atoms with van der Waals surface area (Å²) in [6.07, 6.45) is 3.93. The van der Waals surface area contributed by atoms with E-state index in [9.17, 15) is 14.0 Å². The van der Waals surface area contributed by atoms with Crippen LogP contribution in [0.25, 0.3) is 0 Å². The number of pyridine rings is 1.